The molecule has 0 spiro atoms. The number of hydrogen-bond acceptors (Lipinski definition) is 3. The maximum atomic E-state index is 5.55. The van der Waals surface area contributed by atoms with Gasteiger partial charge in [0.1, 0.15) is 12.4 Å². The number of ether oxygens (including phenoxy) is 1. The van der Waals surface area contributed by atoms with Crippen LogP contribution in [0.2, 0.25) is 0 Å². The second-order valence-electron chi connectivity index (χ2n) is 4.60. The number of hydrogen-bond donors (Lipinski definition) is 1. The Kier molecular flexibility index (Phi) is 3.02. The van der Waals surface area contributed by atoms with Crippen molar-refractivity contribution in [3.63, 3.8) is 0 Å². The van der Waals surface area contributed by atoms with E-state index in [1.54, 1.807) is 0 Å². The molecule has 3 rings (SSSR count). The van der Waals surface area contributed by atoms with Gasteiger partial charge in [0.15, 0.2) is 0 Å². The predicted molar refractivity (Wildman–Crippen MR) is 70.1 cm³/mol. The Hall–Kier alpha value is -1.81. The molecule has 4 nitrogen and oxygen atoms in total. The van der Waals surface area contributed by atoms with Crippen LogP contribution >= 0.6 is 0 Å². The molecule has 1 aliphatic carbocycles. The van der Waals surface area contributed by atoms with Crippen molar-refractivity contribution in [2.75, 3.05) is 13.2 Å². The van der Waals surface area contributed by atoms with Crippen molar-refractivity contribution < 1.29 is 4.74 Å². The Morgan fingerprint density at radius 1 is 1.39 bits per heavy atom. The van der Waals surface area contributed by atoms with Gasteiger partial charge in [0, 0.05) is 30.4 Å². The van der Waals surface area contributed by atoms with Crippen LogP contribution in [-0.2, 0) is 0 Å². The summed E-state index contributed by atoms with van der Waals surface area (Å²) in [5.41, 5.74) is 7.84. The molecule has 0 amide bonds. The van der Waals surface area contributed by atoms with E-state index >= 15 is 0 Å². The molecule has 1 aromatic heterocycles. The van der Waals surface area contributed by atoms with E-state index in [4.69, 9.17) is 10.5 Å². The maximum Gasteiger partial charge on any atom is 0.121 e. The zero-order valence-electron chi connectivity index (χ0n) is 10.2. The van der Waals surface area contributed by atoms with Crippen molar-refractivity contribution >= 4 is 0 Å². The van der Waals surface area contributed by atoms with Gasteiger partial charge < -0.3 is 15.0 Å². The summed E-state index contributed by atoms with van der Waals surface area (Å²) < 4.78 is 7.70. The van der Waals surface area contributed by atoms with E-state index in [1.165, 1.54) is 18.5 Å². The summed E-state index contributed by atoms with van der Waals surface area (Å²) in [6.45, 7) is 1.07. The molecule has 1 fully saturated rings. The van der Waals surface area contributed by atoms with Gasteiger partial charge in [0.2, 0.25) is 0 Å². The van der Waals surface area contributed by atoms with E-state index in [0.29, 0.717) is 19.1 Å². The van der Waals surface area contributed by atoms with Gasteiger partial charge >= 0.3 is 0 Å². The van der Waals surface area contributed by atoms with Crippen molar-refractivity contribution in [1.29, 1.82) is 0 Å². The van der Waals surface area contributed by atoms with E-state index in [-0.39, 0.29) is 0 Å². The first kappa shape index (κ1) is 11.3. The minimum Gasteiger partial charge on any atom is -0.492 e. The Morgan fingerprint density at radius 2 is 2.28 bits per heavy atom. The van der Waals surface area contributed by atoms with Crippen molar-refractivity contribution in [1.82, 2.24) is 9.55 Å². The molecular weight excluding hydrogens is 226 g/mol. The van der Waals surface area contributed by atoms with Gasteiger partial charge in [-0.2, -0.15) is 0 Å². The van der Waals surface area contributed by atoms with Crippen LogP contribution in [0.15, 0.2) is 36.8 Å². The Balaban J connectivity index is 1.88. The summed E-state index contributed by atoms with van der Waals surface area (Å²) in [5.74, 6) is 1.54. The number of imidazole rings is 1. The third-order valence-corrected chi connectivity index (χ3v) is 3.15. The van der Waals surface area contributed by atoms with Crippen LogP contribution in [0.3, 0.4) is 0 Å². The fraction of sp³-hybridized carbons (Fsp3) is 0.357. The Labute approximate surface area is 106 Å². The highest BCUT2D eigenvalue weighted by molar-refractivity contribution is 5.41. The van der Waals surface area contributed by atoms with Crippen molar-refractivity contribution in [2.45, 2.75) is 18.8 Å². The molecule has 1 saturated carbocycles. The highest BCUT2D eigenvalue weighted by atomic mass is 16.5. The van der Waals surface area contributed by atoms with Gasteiger partial charge in [-0.05, 0) is 25.0 Å². The number of nitrogens with two attached hydrogens (primary N) is 1. The standard InChI is InChI=1S/C14H17N3O/c15-6-7-18-13-3-1-2-12(8-13)17-10-16-9-14(17)11-4-5-11/h1-3,8-11H,4-7,15H2. The summed E-state index contributed by atoms with van der Waals surface area (Å²) in [7, 11) is 0. The largest absolute Gasteiger partial charge is 0.492 e. The number of benzene rings is 1. The van der Waals surface area contributed by atoms with Gasteiger partial charge in [0.05, 0.1) is 12.0 Å². The molecule has 0 aliphatic heterocycles. The quantitative estimate of drug-likeness (QED) is 0.874. The van der Waals surface area contributed by atoms with E-state index < -0.39 is 0 Å². The molecule has 2 N–H and O–H groups in total. The highest BCUT2D eigenvalue weighted by Gasteiger charge is 2.27. The summed E-state index contributed by atoms with van der Waals surface area (Å²) in [6, 6.07) is 8.05. The minimum absolute atomic E-state index is 0.530. The molecule has 1 aromatic carbocycles. The summed E-state index contributed by atoms with van der Waals surface area (Å²) in [4.78, 5) is 4.25. The van der Waals surface area contributed by atoms with Crippen LogP contribution in [-0.4, -0.2) is 22.7 Å². The highest BCUT2D eigenvalue weighted by Crippen LogP contribution is 2.40. The molecule has 4 heteroatoms. The Morgan fingerprint density at radius 3 is 3.06 bits per heavy atom. The van der Waals surface area contributed by atoms with Crippen molar-refractivity contribution in [3.8, 4) is 11.4 Å². The molecule has 0 bridgehead atoms. The zero-order chi connectivity index (χ0) is 12.4. The van der Waals surface area contributed by atoms with E-state index in [9.17, 15) is 0 Å². The fourth-order valence-electron chi connectivity index (χ4n) is 2.10. The molecule has 0 atom stereocenters. The smallest absolute Gasteiger partial charge is 0.121 e. The second-order valence-corrected chi connectivity index (χ2v) is 4.60. The number of rotatable bonds is 5. The molecule has 1 aliphatic rings. The molecule has 1 heterocycles. The van der Waals surface area contributed by atoms with Gasteiger partial charge in [-0.25, -0.2) is 4.98 Å². The van der Waals surface area contributed by atoms with Crippen LogP contribution in [0.5, 0.6) is 5.75 Å². The van der Waals surface area contributed by atoms with E-state index in [1.807, 2.05) is 30.7 Å². The van der Waals surface area contributed by atoms with Crippen LogP contribution < -0.4 is 10.5 Å². The average molecular weight is 243 g/mol. The molecule has 18 heavy (non-hydrogen) atoms. The SMILES string of the molecule is NCCOc1cccc(-n2cncc2C2CC2)c1. The van der Waals surface area contributed by atoms with Gasteiger partial charge in [-0.1, -0.05) is 6.07 Å². The van der Waals surface area contributed by atoms with Crippen LogP contribution in [0.1, 0.15) is 24.5 Å². The molecule has 0 unspecified atom stereocenters. The lowest BCUT2D eigenvalue weighted by Crippen LogP contribution is -2.10. The first-order valence-electron chi connectivity index (χ1n) is 6.34. The summed E-state index contributed by atoms with van der Waals surface area (Å²) in [6.07, 6.45) is 6.38. The van der Waals surface area contributed by atoms with Crippen LogP contribution in [0.25, 0.3) is 5.69 Å². The Bertz CT molecular complexity index is 531. The number of aromatic nitrogens is 2. The first-order chi connectivity index (χ1) is 8.88. The molecular formula is C14H17N3O. The predicted octanol–water partition coefficient (Wildman–Crippen LogP) is 2.09. The van der Waals surface area contributed by atoms with Gasteiger partial charge in [-0.15, -0.1) is 0 Å². The normalized spacial score (nSPS) is 14.7. The number of nitrogens with zero attached hydrogens (tertiary/aromatic N) is 2. The molecule has 94 valence electrons. The topological polar surface area (TPSA) is 53.1 Å². The monoisotopic (exact) mass is 243 g/mol. The van der Waals surface area contributed by atoms with Crippen LogP contribution in [0, 0.1) is 0 Å². The summed E-state index contributed by atoms with van der Waals surface area (Å²) >= 11 is 0. The van der Waals surface area contributed by atoms with Crippen molar-refractivity contribution in [3.05, 3.63) is 42.5 Å². The van der Waals surface area contributed by atoms with Crippen molar-refractivity contribution in [2.24, 2.45) is 5.73 Å². The minimum atomic E-state index is 0.530. The maximum absolute atomic E-state index is 5.55. The lowest BCUT2D eigenvalue weighted by Gasteiger charge is -2.10. The third-order valence-electron chi connectivity index (χ3n) is 3.15. The van der Waals surface area contributed by atoms with Gasteiger partial charge in [-0.3, -0.25) is 0 Å². The molecule has 2 aromatic rings. The second kappa shape index (κ2) is 4.82. The molecule has 0 saturated heterocycles. The van der Waals surface area contributed by atoms with E-state index in [0.717, 1.165) is 11.4 Å². The average Bonchev–Trinajstić information content (AvgIpc) is 3.14. The fourth-order valence-corrected chi connectivity index (χ4v) is 2.10. The molecule has 0 radical (unpaired) electrons. The zero-order valence-corrected chi connectivity index (χ0v) is 10.2. The summed E-state index contributed by atoms with van der Waals surface area (Å²) in [5, 5.41) is 0. The first-order valence-corrected chi connectivity index (χ1v) is 6.34. The van der Waals surface area contributed by atoms with Crippen LogP contribution in [0.4, 0.5) is 0 Å². The van der Waals surface area contributed by atoms with Gasteiger partial charge in [0.25, 0.3) is 0 Å². The lowest BCUT2D eigenvalue weighted by molar-refractivity contribution is 0.328. The lowest BCUT2D eigenvalue weighted by atomic mass is 10.2. The third kappa shape index (κ3) is 2.24. The van der Waals surface area contributed by atoms with E-state index in [2.05, 4.69) is 15.6 Å².